The maximum atomic E-state index is 12.9. The maximum absolute atomic E-state index is 12.9. The van der Waals surface area contributed by atoms with Gasteiger partial charge in [-0.3, -0.25) is 0 Å². The lowest BCUT2D eigenvalue weighted by atomic mass is 10.1. The number of nitrogens with zero attached hydrogens (tertiary/aromatic N) is 1. The van der Waals surface area contributed by atoms with Gasteiger partial charge in [-0.15, -0.1) is 0 Å². The van der Waals surface area contributed by atoms with Crippen LogP contribution >= 0.6 is 0 Å². The van der Waals surface area contributed by atoms with Crippen LogP contribution in [0.3, 0.4) is 0 Å². The first kappa shape index (κ1) is 14.8. The minimum atomic E-state index is -4.59. The Kier molecular flexibility index (Phi) is 4.97. The molecule has 1 heterocycles. The molecule has 1 saturated heterocycles. The number of rotatable bonds is 4. The van der Waals surface area contributed by atoms with E-state index in [1.807, 2.05) is 0 Å². The molecule has 0 aliphatic carbocycles. The van der Waals surface area contributed by atoms with Crippen LogP contribution in [0.25, 0.3) is 0 Å². The molecular formula is C13H14F3NO3. The van der Waals surface area contributed by atoms with Crippen LogP contribution in [-0.4, -0.2) is 38.0 Å². The van der Waals surface area contributed by atoms with E-state index < -0.39 is 18.2 Å². The van der Waals surface area contributed by atoms with Crippen LogP contribution in [0.15, 0.2) is 35.5 Å². The normalized spacial score (nSPS) is 18.1. The Morgan fingerprint density at radius 2 is 1.85 bits per heavy atom. The van der Waals surface area contributed by atoms with Crippen LogP contribution in [0, 0.1) is 0 Å². The Morgan fingerprint density at radius 1 is 1.20 bits per heavy atom. The Labute approximate surface area is 114 Å². The van der Waals surface area contributed by atoms with Gasteiger partial charge in [0, 0.05) is 5.56 Å². The van der Waals surface area contributed by atoms with Crippen molar-refractivity contribution in [1.29, 1.82) is 0 Å². The second kappa shape index (κ2) is 6.71. The summed E-state index contributed by atoms with van der Waals surface area (Å²) < 4.78 is 49.0. The summed E-state index contributed by atoms with van der Waals surface area (Å²) in [5.74, 6) is 0. The Hall–Kier alpha value is -1.60. The van der Waals surface area contributed by atoms with E-state index in [1.54, 1.807) is 6.07 Å². The van der Waals surface area contributed by atoms with Crippen LogP contribution in [0.1, 0.15) is 12.0 Å². The van der Waals surface area contributed by atoms with Crippen molar-refractivity contribution in [3.05, 3.63) is 35.9 Å². The van der Waals surface area contributed by atoms with E-state index in [-0.39, 0.29) is 12.2 Å². The number of alkyl halides is 3. The zero-order chi connectivity index (χ0) is 14.4. The van der Waals surface area contributed by atoms with Crippen molar-refractivity contribution in [1.82, 2.24) is 0 Å². The highest BCUT2D eigenvalue weighted by Crippen LogP contribution is 2.22. The predicted octanol–water partition coefficient (Wildman–Crippen LogP) is 2.73. The largest absolute Gasteiger partial charge is 0.437 e. The smallest absolute Gasteiger partial charge is 0.390 e. The number of hydrogen-bond donors (Lipinski definition) is 0. The zero-order valence-electron chi connectivity index (χ0n) is 10.6. The number of oxime groups is 1. The van der Waals surface area contributed by atoms with E-state index in [2.05, 4.69) is 5.16 Å². The van der Waals surface area contributed by atoms with Gasteiger partial charge in [0.25, 0.3) is 0 Å². The van der Waals surface area contributed by atoms with Gasteiger partial charge >= 0.3 is 6.18 Å². The average molecular weight is 289 g/mol. The van der Waals surface area contributed by atoms with Crippen LogP contribution in [0.4, 0.5) is 13.2 Å². The molecule has 0 bridgehead atoms. The minimum Gasteiger partial charge on any atom is -0.390 e. The molecular weight excluding hydrogens is 275 g/mol. The quantitative estimate of drug-likeness (QED) is 0.632. The standard InChI is InChI=1S/C13H14F3NO3/c14-13(15,16)12(10-5-2-1-3-6-10)17-20-9-11-18-7-4-8-19-11/h1-3,5-6,11H,4,7-9H2. The summed E-state index contributed by atoms with van der Waals surface area (Å²) in [6.07, 6.45) is -4.49. The molecule has 110 valence electrons. The number of halogens is 3. The highest BCUT2D eigenvalue weighted by Gasteiger charge is 2.37. The lowest BCUT2D eigenvalue weighted by Gasteiger charge is -2.22. The molecule has 4 nitrogen and oxygen atoms in total. The van der Waals surface area contributed by atoms with Crippen LogP contribution in [0.5, 0.6) is 0 Å². The van der Waals surface area contributed by atoms with Crippen LogP contribution in [0.2, 0.25) is 0 Å². The molecule has 0 amide bonds. The topological polar surface area (TPSA) is 40.0 Å². The number of hydrogen-bond acceptors (Lipinski definition) is 4. The molecule has 0 aromatic heterocycles. The van der Waals surface area contributed by atoms with Crippen LogP contribution < -0.4 is 0 Å². The summed E-state index contributed by atoms with van der Waals surface area (Å²) in [5, 5.41) is 3.19. The van der Waals surface area contributed by atoms with Gasteiger partial charge in [0.1, 0.15) is 0 Å². The van der Waals surface area contributed by atoms with E-state index in [1.165, 1.54) is 24.3 Å². The fourth-order valence-corrected chi connectivity index (χ4v) is 1.66. The monoisotopic (exact) mass is 289 g/mol. The van der Waals surface area contributed by atoms with Gasteiger partial charge in [0.2, 0.25) is 0 Å². The molecule has 0 saturated carbocycles. The molecule has 1 aromatic carbocycles. The van der Waals surface area contributed by atoms with Gasteiger partial charge in [-0.25, -0.2) is 0 Å². The molecule has 7 heteroatoms. The van der Waals surface area contributed by atoms with Crippen molar-refractivity contribution in [3.8, 4) is 0 Å². The minimum absolute atomic E-state index is 0.0505. The van der Waals surface area contributed by atoms with Crippen LogP contribution in [-0.2, 0) is 14.3 Å². The fraction of sp³-hybridized carbons (Fsp3) is 0.462. The van der Waals surface area contributed by atoms with Gasteiger partial charge < -0.3 is 14.3 Å². The first-order chi connectivity index (χ1) is 9.57. The summed E-state index contributed by atoms with van der Waals surface area (Å²) in [6, 6.07) is 7.28. The Balaban J connectivity index is 2.01. The van der Waals surface area contributed by atoms with Gasteiger partial charge in [0.15, 0.2) is 18.6 Å². The second-order valence-corrected chi connectivity index (χ2v) is 4.12. The van der Waals surface area contributed by atoms with E-state index in [4.69, 9.17) is 14.3 Å². The van der Waals surface area contributed by atoms with E-state index in [9.17, 15) is 13.2 Å². The van der Waals surface area contributed by atoms with Gasteiger partial charge in [-0.2, -0.15) is 13.2 Å². The molecule has 1 fully saturated rings. The summed E-state index contributed by atoms with van der Waals surface area (Å²) in [4.78, 5) is 4.73. The SMILES string of the molecule is FC(F)(F)C(=NOCC1OCCCO1)c1ccccc1. The Morgan fingerprint density at radius 3 is 2.45 bits per heavy atom. The molecule has 0 radical (unpaired) electrons. The highest BCUT2D eigenvalue weighted by molar-refractivity contribution is 6.04. The summed E-state index contributed by atoms with van der Waals surface area (Å²) in [6.45, 7) is 0.831. The second-order valence-electron chi connectivity index (χ2n) is 4.12. The molecule has 0 spiro atoms. The summed E-state index contributed by atoms with van der Waals surface area (Å²) in [5.41, 5.74) is -1.13. The third-order valence-electron chi connectivity index (χ3n) is 2.58. The van der Waals surface area contributed by atoms with Crippen molar-refractivity contribution in [2.45, 2.75) is 18.9 Å². The molecule has 0 unspecified atom stereocenters. The molecule has 1 aromatic rings. The van der Waals surface area contributed by atoms with Crippen molar-refractivity contribution in [2.24, 2.45) is 5.16 Å². The van der Waals surface area contributed by atoms with Crippen molar-refractivity contribution in [2.75, 3.05) is 19.8 Å². The van der Waals surface area contributed by atoms with Gasteiger partial charge in [-0.1, -0.05) is 35.5 Å². The summed E-state index contributed by atoms with van der Waals surface area (Å²) in [7, 11) is 0. The number of benzene rings is 1. The first-order valence-electron chi connectivity index (χ1n) is 6.13. The summed E-state index contributed by atoms with van der Waals surface area (Å²) >= 11 is 0. The maximum Gasteiger partial charge on any atom is 0.437 e. The van der Waals surface area contributed by atoms with E-state index >= 15 is 0 Å². The number of ether oxygens (including phenoxy) is 2. The first-order valence-corrected chi connectivity index (χ1v) is 6.13. The molecule has 1 aliphatic rings. The lowest BCUT2D eigenvalue weighted by Crippen LogP contribution is -2.29. The average Bonchev–Trinajstić information content (AvgIpc) is 2.44. The Bertz CT molecular complexity index is 442. The predicted molar refractivity (Wildman–Crippen MR) is 65.3 cm³/mol. The molecule has 1 aliphatic heterocycles. The molecule has 20 heavy (non-hydrogen) atoms. The lowest BCUT2D eigenvalue weighted by molar-refractivity contribution is -0.203. The van der Waals surface area contributed by atoms with Crippen molar-refractivity contribution < 1.29 is 27.5 Å². The molecule has 2 rings (SSSR count). The van der Waals surface area contributed by atoms with Gasteiger partial charge in [0.05, 0.1) is 13.2 Å². The van der Waals surface area contributed by atoms with E-state index in [0.29, 0.717) is 13.2 Å². The van der Waals surface area contributed by atoms with Crippen molar-refractivity contribution in [3.63, 3.8) is 0 Å². The third-order valence-corrected chi connectivity index (χ3v) is 2.58. The molecule has 0 N–H and O–H groups in total. The zero-order valence-corrected chi connectivity index (χ0v) is 10.6. The molecule has 0 atom stereocenters. The van der Waals surface area contributed by atoms with Gasteiger partial charge in [-0.05, 0) is 6.42 Å². The fourth-order valence-electron chi connectivity index (χ4n) is 1.66. The van der Waals surface area contributed by atoms with E-state index in [0.717, 1.165) is 6.42 Å². The highest BCUT2D eigenvalue weighted by atomic mass is 19.4. The third kappa shape index (κ3) is 4.21. The van der Waals surface area contributed by atoms with Crippen molar-refractivity contribution >= 4 is 5.71 Å².